The zero-order valence-electron chi connectivity index (χ0n) is 16.2. The number of aliphatic carboxylic acids is 2. The number of carbonyl (C=O) groups excluding carboxylic acids is 1. The molecule has 140 valence electrons. The molecule has 0 aromatic heterocycles. The van der Waals surface area contributed by atoms with E-state index in [1.54, 1.807) is 13.8 Å². The Bertz CT molecular complexity index is 392. The summed E-state index contributed by atoms with van der Waals surface area (Å²) in [5.41, 5.74) is 0. The summed E-state index contributed by atoms with van der Waals surface area (Å²) in [4.78, 5) is 23.4. The van der Waals surface area contributed by atoms with Crippen molar-refractivity contribution in [1.82, 2.24) is 0 Å². The Balaban J connectivity index is 0. The van der Waals surface area contributed by atoms with Gasteiger partial charge in [-0.05, 0) is 18.9 Å². The van der Waals surface area contributed by atoms with Crippen LogP contribution in [-0.2, 0) is 9.59 Å². The van der Waals surface area contributed by atoms with Crippen molar-refractivity contribution in [3.05, 3.63) is 12.2 Å². The van der Waals surface area contributed by atoms with Gasteiger partial charge in [-0.3, -0.25) is 4.48 Å². The molecule has 0 amide bonds. The first-order chi connectivity index (χ1) is 11.4. The number of allylic oxidation sites excluding steroid dienone is 1. The van der Waals surface area contributed by atoms with Crippen LogP contribution in [0.3, 0.4) is 0 Å². The number of carbonyl (C=O) groups is 2. The second kappa shape index (κ2) is 14.7. The minimum atomic E-state index is -1.26. The number of hydrogen-bond donors (Lipinski definition) is 2. The van der Waals surface area contributed by atoms with Crippen LogP contribution in [0, 0.1) is 0 Å². The smallest absolute Gasteiger partial charge is 0.544 e. The Kier molecular flexibility index (Phi) is 15.8. The van der Waals surface area contributed by atoms with Crippen LogP contribution in [0.15, 0.2) is 12.2 Å². The maximum atomic E-state index is 11.7. The number of hydrogen-bond acceptors (Lipinski definition) is 4. The summed E-state index contributed by atoms with van der Waals surface area (Å²) in [6.07, 6.45) is 8.60. The van der Waals surface area contributed by atoms with Gasteiger partial charge >= 0.3 is 35.5 Å². The third-order valence-corrected chi connectivity index (χ3v) is 4.67. The molecule has 0 saturated heterocycles. The molecule has 6 nitrogen and oxygen atoms in total. The molecule has 0 saturated carbocycles. The predicted octanol–water partition coefficient (Wildman–Crippen LogP) is -1.67. The van der Waals surface area contributed by atoms with Crippen molar-refractivity contribution in [3.8, 4) is 0 Å². The maximum Gasteiger partial charge on any atom is 1.00 e. The van der Waals surface area contributed by atoms with Crippen molar-refractivity contribution in [2.24, 2.45) is 0 Å². The van der Waals surface area contributed by atoms with E-state index in [4.69, 9.17) is 0 Å². The molecule has 7 heteroatoms. The van der Waals surface area contributed by atoms with Crippen molar-refractivity contribution in [2.45, 2.75) is 71.4 Å². The quantitative estimate of drug-likeness (QED) is 0.166. The Morgan fingerprint density at radius 2 is 1.68 bits per heavy atom. The third-order valence-electron chi connectivity index (χ3n) is 4.67. The number of carboxylic acids is 2. The standard InChI is InChI=1S/C18H33NO5.Na/c1-4-7-8-9-10-11-12-19(13-14-20,15(5-2)17(21)22)16(6-3)18(23)24;/h10-11,15-16,20H,4-9,12-14H2,1-3H3,(H-,21,22,23,24);/q;+1/b11-10+;. The molecule has 3 unspecified atom stereocenters. The summed E-state index contributed by atoms with van der Waals surface area (Å²) < 4.78 is -0.203. The van der Waals surface area contributed by atoms with Gasteiger partial charge in [0.05, 0.1) is 19.1 Å². The SMILES string of the molecule is CCCCC/C=C/C[N+](CCO)(C(CC)C(=O)[O-])C(CC)C(=O)O.[Na+]. The molecule has 3 atom stereocenters. The number of carboxylic acid groups (broad SMARTS) is 2. The largest absolute Gasteiger partial charge is 1.00 e. The fraction of sp³-hybridized carbons (Fsp3) is 0.778. The second-order valence-corrected chi connectivity index (χ2v) is 6.21. The fourth-order valence-electron chi connectivity index (χ4n) is 3.46. The summed E-state index contributed by atoms with van der Waals surface area (Å²) in [7, 11) is 0. The number of rotatable bonds is 14. The summed E-state index contributed by atoms with van der Waals surface area (Å²) in [6, 6.07) is -1.85. The van der Waals surface area contributed by atoms with E-state index in [0.717, 1.165) is 25.7 Å². The minimum Gasteiger partial charge on any atom is -0.544 e. The first kappa shape index (κ1) is 26.8. The van der Waals surface area contributed by atoms with Crippen molar-refractivity contribution < 1.29 is 58.9 Å². The molecular weight excluding hydrogens is 333 g/mol. The van der Waals surface area contributed by atoms with E-state index in [-0.39, 0.29) is 60.2 Å². The van der Waals surface area contributed by atoms with Crippen LogP contribution in [0.4, 0.5) is 0 Å². The van der Waals surface area contributed by atoms with Crippen molar-refractivity contribution in [3.63, 3.8) is 0 Å². The topological polar surface area (TPSA) is 97.7 Å². The molecule has 25 heavy (non-hydrogen) atoms. The summed E-state index contributed by atoms with van der Waals surface area (Å²) >= 11 is 0. The predicted molar refractivity (Wildman–Crippen MR) is 91.2 cm³/mol. The molecule has 0 rings (SSSR count). The molecular formula is C18H33NNaO5+. The number of nitrogens with zero attached hydrogens (tertiary/aromatic N) is 1. The Labute approximate surface area is 173 Å². The van der Waals surface area contributed by atoms with Crippen molar-refractivity contribution in [1.29, 1.82) is 0 Å². The molecule has 2 N–H and O–H groups in total. The van der Waals surface area contributed by atoms with Crippen molar-refractivity contribution in [2.75, 3.05) is 19.7 Å². The van der Waals surface area contributed by atoms with Crippen LogP contribution < -0.4 is 34.7 Å². The normalized spacial score (nSPS) is 16.0. The van der Waals surface area contributed by atoms with Gasteiger partial charge in [0.25, 0.3) is 0 Å². The van der Waals surface area contributed by atoms with E-state index in [1.807, 2.05) is 12.2 Å². The van der Waals surface area contributed by atoms with E-state index in [9.17, 15) is 24.9 Å². The zero-order valence-corrected chi connectivity index (χ0v) is 18.2. The molecule has 0 aliphatic rings. The van der Waals surface area contributed by atoms with Gasteiger partial charge < -0.3 is 20.1 Å². The van der Waals surface area contributed by atoms with E-state index < -0.39 is 24.0 Å². The molecule has 0 aromatic rings. The van der Waals surface area contributed by atoms with Gasteiger partial charge in [0.2, 0.25) is 0 Å². The van der Waals surface area contributed by atoms with Crippen LogP contribution in [-0.4, -0.2) is 58.4 Å². The van der Waals surface area contributed by atoms with E-state index >= 15 is 0 Å². The average molecular weight is 366 g/mol. The molecule has 0 aliphatic heterocycles. The first-order valence-corrected chi connectivity index (χ1v) is 8.97. The van der Waals surface area contributed by atoms with Gasteiger partial charge in [0.15, 0.2) is 6.04 Å². The van der Waals surface area contributed by atoms with Gasteiger partial charge in [0.1, 0.15) is 12.6 Å². The van der Waals surface area contributed by atoms with E-state index in [2.05, 4.69) is 6.92 Å². The van der Waals surface area contributed by atoms with Crippen LogP contribution in [0.2, 0.25) is 0 Å². The van der Waals surface area contributed by atoms with Gasteiger partial charge in [-0.1, -0.05) is 39.7 Å². The number of aliphatic hydroxyl groups excluding tert-OH is 1. The van der Waals surface area contributed by atoms with Gasteiger partial charge in [-0.25, -0.2) is 4.79 Å². The summed E-state index contributed by atoms with van der Waals surface area (Å²) in [5.74, 6) is -2.30. The molecule has 0 radical (unpaired) electrons. The monoisotopic (exact) mass is 366 g/mol. The van der Waals surface area contributed by atoms with Gasteiger partial charge in [-0.15, -0.1) is 0 Å². The molecule has 0 heterocycles. The van der Waals surface area contributed by atoms with Gasteiger partial charge in [-0.2, -0.15) is 0 Å². The van der Waals surface area contributed by atoms with Crippen molar-refractivity contribution >= 4 is 11.9 Å². The summed E-state index contributed by atoms with van der Waals surface area (Å²) in [5, 5.41) is 30.7. The Morgan fingerprint density at radius 3 is 2.08 bits per heavy atom. The Morgan fingerprint density at radius 1 is 1.08 bits per heavy atom. The first-order valence-electron chi connectivity index (χ1n) is 8.97. The molecule has 0 spiro atoms. The summed E-state index contributed by atoms with van der Waals surface area (Å²) in [6.45, 7) is 5.65. The Hall–Kier alpha value is -0.400. The van der Waals surface area contributed by atoms with Crippen LogP contribution >= 0.6 is 0 Å². The minimum absolute atomic E-state index is 0. The fourth-order valence-corrected chi connectivity index (χ4v) is 3.46. The van der Waals surface area contributed by atoms with Crippen LogP contribution in [0.25, 0.3) is 0 Å². The van der Waals surface area contributed by atoms with Gasteiger partial charge in [0, 0.05) is 12.8 Å². The average Bonchev–Trinajstić information content (AvgIpc) is 2.51. The molecule has 0 aromatic carbocycles. The molecule has 0 fully saturated rings. The molecule has 0 aliphatic carbocycles. The van der Waals surface area contributed by atoms with Crippen LogP contribution in [0.1, 0.15) is 59.3 Å². The zero-order chi connectivity index (χ0) is 18.6. The number of quaternary nitrogens is 1. The van der Waals surface area contributed by atoms with E-state index in [0.29, 0.717) is 6.42 Å². The third kappa shape index (κ3) is 8.22. The number of aliphatic hydroxyl groups is 1. The second-order valence-electron chi connectivity index (χ2n) is 6.21. The number of unbranched alkanes of at least 4 members (excludes halogenated alkanes) is 3. The maximum absolute atomic E-state index is 11.7. The van der Waals surface area contributed by atoms with E-state index in [1.165, 1.54) is 0 Å². The molecule has 0 bridgehead atoms. The van der Waals surface area contributed by atoms with Crippen LogP contribution in [0.5, 0.6) is 0 Å².